The Bertz CT molecular complexity index is 1070. The van der Waals surface area contributed by atoms with Crippen molar-refractivity contribution in [1.29, 1.82) is 0 Å². The summed E-state index contributed by atoms with van der Waals surface area (Å²) in [5.74, 6) is 2.02. The lowest BCUT2D eigenvalue weighted by Crippen LogP contribution is -2.17. The number of benzene rings is 1. The average molecular weight is 445 g/mol. The van der Waals surface area contributed by atoms with Gasteiger partial charge in [0.05, 0.1) is 31.2 Å². The summed E-state index contributed by atoms with van der Waals surface area (Å²) < 4.78 is 10.7. The quantitative estimate of drug-likeness (QED) is 0.404. The maximum Gasteiger partial charge on any atom is 0.262 e. The zero-order valence-electron chi connectivity index (χ0n) is 17.8. The van der Waals surface area contributed by atoms with Gasteiger partial charge in [0.15, 0.2) is 5.13 Å². The fourth-order valence-corrected chi connectivity index (χ4v) is 4.20. The van der Waals surface area contributed by atoms with Gasteiger partial charge in [-0.3, -0.25) is 10.1 Å². The number of hydrogen-bond acceptors (Lipinski definition) is 8. The van der Waals surface area contributed by atoms with Crippen molar-refractivity contribution in [3.63, 3.8) is 0 Å². The van der Waals surface area contributed by atoms with Gasteiger partial charge in [0, 0.05) is 16.9 Å². The molecule has 0 aliphatic rings. The second-order valence-corrected chi connectivity index (χ2v) is 8.42. The second kappa shape index (κ2) is 9.44. The van der Waals surface area contributed by atoms with Gasteiger partial charge in [-0.15, -0.1) is 23.1 Å². The van der Waals surface area contributed by atoms with Crippen LogP contribution in [-0.4, -0.2) is 41.3 Å². The van der Waals surface area contributed by atoms with Crippen molar-refractivity contribution in [3.8, 4) is 22.8 Å². The Morgan fingerprint density at radius 3 is 2.57 bits per heavy atom. The van der Waals surface area contributed by atoms with E-state index in [1.807, 2.05) is 50.6 Å². The fraction of sp³-hybridized carbons (Fsp3) is 0.333. The lowest BCUT2D eigenvalue weighted by molar-refractivity contribution is 0.102. The van der Waals surface area contributed by atoms with Crippen LogP contribution in [0.3, 0.4) is 0 Å². The van der Waals surface area contributed by atoms with Gasteiger partial charge in [-0.05, 0) is 31.4 Å². The van der Waals surface area contributed by atoms with Crippen molar-refractivity contribution < 1.29 is 14.3 Å². The molecular formula is C21H24N4O3S2. The molecule has 0 aliphatic heterocycles. The number of anilines is 1. The molecule has 7 nitrogen and oxygen atoms in total. The first-order valence-corrected chi connectivity index (χ1v) is 11.4. The van der Waals surface area contributed by atoms with E-state index in [9.17, 15) is 4.79 Å². The minimum atomic E-state index is -0.273. The Morgan fingerprint density at radius 1 is 1.17 bits per heavy atom. The highest BCUT2D eigenvalue weighted by Crippen LogP contribution is 2.35. The molecule has 0 bridgehead atoms. The Morgan fingerprint density at radius 2 is 1.93 bits per heavy atom. The van der Waals surface area contributed by atoms with Gasteiger partial charge in [-0.2, -0.15) is 0 Å². The number of rotatable bonds is 7. The summed E-state index contributed by atoms with van der Waals surface area (Å²) in [6.45, 7) is 5.89. The van der Waals surface area contributed by atoms with Crippen molar-refractivity contribution >= 4 is 34.1 Å². The monoisotopic (exact) mass is 444 g/mol. The molecule has 0 fully saturated rings. The van der Waals surface area contributed by atoms with Crippen molar-refractivity contribution in [2.45, 2.75) is 31.7 Å². The number of amides is 1. The number of carbonyl (C=O) groups is 1. The molecule has 0 aliphatic carbocycles. The smallest absolute Gasteiger partial charge is 0.262 e. The molecule has 0 spiro atoms. The van der Waals surface area contributed by atoms with E-state index in [-0.39, 0.29) is 11.8 Å². The first-order valence-electron chi connectivity index (χ1n) is 9.29. The first kappa shape index (κ1) is 22.0. The van der Waals surface area contributed by atoms with Gasteiger partial charge in [0.25, 0.3) is 5.91 Å². The van der Waals surface area contributed by atoms with Crippen LogP contribution in [-0.2, 0) is 0 Å². The summed E-state index contributed by atoms with van der Waals surface area (Å²) >= 11 is 2.77. The predicted octanol–water partition coefficient (Wildman–Crippen LogP) is 5.02. The third kappa shape index (κ3) is 4.57. The normalized spacial score (nSPS) is 10.9. The average Bonchev–Trinajstić information content (AvgIpc) is 3.20. The number of aryl methyl sites for hydroxylation is 1. The van der Waals surface area contributed by atoms with Crippen LogP contribution in [0.4, 0.5) is 5.13 Å². The lowest BCUT2D eigenvalue weighted by atomic mass is 10.1. The maximum absolute atomic E-state index is 13.0. The second-order valence-electron chi connectivity index (χ2n) is 6.76. The minimum Gasteiger partial charge on any atom is -0.497 e. The van der Waals surface area contributed by atoms with Crippen LogP contribution < -0.4 is 14.8 Å². The van der Waals surface area contributed by atoms with Crippen LogP contribution in [0.1, 0.15) is 41.6 Å². The molecule has 2 heterocycles. The zero-order valence-corrected chi connectivity index (χ0v) is 19.4. The van der Waals surface area contributed by atoms with Crippen LogP contribution in [0, 0.1) is 6.92 Å². The molecule has 0 radical (unpaired) electrons. The number of nitrogens with zero attached hydrogens (tertiary/aromatic N) is 3. The third-order valence-electron chi connectivity index (χ3n) is 4.42. The molecule has 30 heavy (non-hydrogen) atoms. The van der Waals surface area contributed by atoms with Gasteiger partial charge in [0.1, 0.15) is 22.3 Å². The Balaban J connectivity index is 1.89. The molecule has 0 saturated carbocycles. The highest BCUT2D eigenvalue weighted by atomic mass is 32.2. The predicted molar refractivity (Wildman–Crippen MR) is 121 cm³/mol. The molecule has 9 heteroatoms. The molecular weight excluding hydrogens is 420 g/mol. The van der Waals surface area contributed by atoms with Gasteiger partial charge >= 0.3 is 0 Å². The SMILES string of the molecule is COc1ccc(OC)c(-c2csc(NC(=O)c3c(C)nc(C(C)C)nc3SC)n2)c1. The highest BCUT2D eigenvalue weighted by molar-refractivity contribution is 7.98. The molecule has 0 unspecified atom stereocenters. The molecule has 2 aromatic heterocycles. The van der Waals surface area contributed by atoms with Crippen molar-refractivity contribution in [3.05, 3.63) is 40.7 Å². The molecule has 3 rings (SSSR count). The molecule has 158 valence electrons. The fourth-order valence-electron chi connectivity index (χ4n) is 2.86. The van der Waals surface area contributed by atoms with Gasteiger partial charge < -0.3 is 9.47 Å². The first-order chi connectivity index (χ1) is 14.4. The third-order valence-corrected chi connectivity index (χ3v) is 5.86. The summed E-state index contributed by atoms with van der Waals surface area (Å²) in [6, 6.07) is 5.51. The summed E-state index contributed by atoms with van der Waals surface area (Å²) in [5, 5.41) is 5.90. The maximum atomic E-state index is 13.0. The lowest BCUT2D eigenvalue weighted by Gasteiger charge is -2.12. The summed E-state index contributed by atoms with van der Waals surface area (Å²) in [7, 11) is 3.21. The Hall–Kier alpha value is -2.65. The van der Waals surface area contributed by atoms with E-state index in [0.717, 1.165) is 11.4 Å². The molecule has 1 aromatic carbocycles. The van der Waals surface area contributed by atoms with Crippen LogP contribution in [0.2, 0.25) is 0 Å². The largest absolute Gasteiger partial charge is 0.497 e. The summed E-state index contributed by atoms with van der Waals surface area (Å²) in [4.78, 5) is 26.6. The standard InChI is InChI=1S/C21H24N4O3S2/c1-11(2)18-22-12(3)17(20(24-18)29-6)19(26)25-21-23-15(10-30-21)14-9-13(27-4)7-8-16(14)28-5/h7-11H,1-6H3,(H,23,25,26). The van der Waals surface area contributed by atoms with E-state index in [2.05, 4.69) is 20.3 Å². The Kier molecular flexibility index (Phi) is 6.94. The van der Waals surface area contributed by atoms with Crippen molar-refractivity contribution in [2.75, 3.05) is 25.8 Å². The molecule has 0 atom stereocenters. The van der Waals surface area contributed by atoms with Crippen LogP contribution in [0.15, 0.2) is 28.6 Å². The number of carbonyl (C=O) groups excluding carboxylic acids is 1. The topological polar surface area (TPSA) is 86.2 Å². The molecule has 1 amide bonds. The highest BCUT2D eigenvalue weighted by Gasteiger charge is 2.21. The van der Waals surface area contributed by atoms with Crippen LogP contribution in [0.25, 0.3) is 11.3 Å². The van der Waals surface area contributed by atoms with Crippen molar-refractivity contribution in [1.82, 2.24) is 15.0 Å². The summed E-state index contributed by atoms with van der Waals surface area (Å²) in [5.41, 5.74) is 2.61. The minimum absolute atomic E-state index is 0.186. The molecule has 1 N–H and O–H groups in total. The van der Waals surface area contributed by atoms with E-state index in [1.165, 1.54) is 23.1 Å². The number of ether oxygens (including phenoxy) is 2. The summed E-state index contributed by atoms with van der Waals surface area (Å²) in [6.07, 6.45) is 1.90. The van der Waals surface area contributed by atoms with E-state index < -0.39 is 0 Å². The van der Waals surface area contributed by atoms with Crippen LogP contribution in [0.5, 0.6) is 11.5 Å². The zero-order chi connectivity index (χ0) is 21.8. The number of thiazole rings is 1. The van der Waals surface area contributed by atoms with Crippen LogP contribution >= 0.6 is 23.1 Å². The van der Waals surface area contributed by atoms with Gasteiger partial charge in [-0.25, -0.2) is 15.0 Å². The number of nitrogens with one attached hydrogen (secondary N) is 1. The van der Waals surface area contributed by atoms with E-state index in [4.69, 9.17) is 9.47 Å². The van der Waals surface area contributed by atoms with E-state index >= 15 is 0 Å². The van der Waals surface area contributed by atoms with Crippen molar-refractivity contribution in [2.24, 2.45) is 0 Å². The van der Waals surface area contributed by atoms with Gasteiger partial charge in [0.2, 0.25) is 0 Å². The number of aromatic nitrogens is 3. The van der Waals surface area contributed by atoms with E-state index in [1.54, 1.807) is 14.2 Å². The number of thioether (sulfide) groups is 1. The number of hydrogen-bond donors (Lipinski definition) is 1. The van der Waals surface area contributed by atoms with E-state index in [0.29, 0.717) is 38.6 Å². The molecule has 3 aromatic rings. The molecule has 0 saturated heterocycles. The number of methoxy groups -OCH3 is 2. The Labute approximate surface area is 184 Å². The van der Waals surface area contributed by atoms with Gasteiger partial charge in [-0.1, -0.05) is 13.8 Å².